The van der Waals surface area contributed by atoms with E-state index in [1.54, 1.807) is 0 Å². The van der Waals surface area contributed by atoms with Gasteiger partial charge in [-0.1, -0.05) is 19.3 Å². The van der Waals surface area contributed by atoms with E-state index in [1.165, 1.54) is 51.4 Å². The molecule has 1 unspecified atom stereocenters. The van der Waals surface area contributed by atoms with Gasteiger partial charge in [0.15, 0.2) is 0 Å². The summed E-state index contributed by atoms with van der Waals surface area (Å²) in [5, 5.41) is 0. The first-order valence-corrected chi connectivity index (χ1v) is 6.09. The summed E-state index contributed by atoms with van der Waals surface area (Å²) in [7, 11) is 1.84. The SMILES string of the molecule is COC1(C(N)C2CCCCC2)CCC1. The summed E-state index contributed by atoms with van der Waals surface area (Å²) < 4.78 is 5.66. The van der Waals surface area contributed by atoms with Crippen molar-refractivity contribution in [3.05, 3.63) is 0 Å². The van der Waals surface area contributed by atoms with Crippen molar-refractivity contribution in [2.45, 2.75) is 63.0 Å². The summed E-state index contributed by atoms with van der Waals surface area (Å²) in [4.78, 5) is 0. The van der Waals surface area contributed by atoms with Crippen LogP contribution in [0.25, 0.3) is 0 Å². The van der Waals surface area contributed by atoms with Gasteiger partial charge in [0.1, 0.15) is 0 Å². The molecule has 2 saturated carbocycles. The third kappa shape index (κ3) is 1.70. The molecule has 2 heteroatoms. The minimum atomic E-state index is 0.0575. The second-order valence-electron chi connectivity index (χ2n) is 5.05. The van der Waals surface area contributed by atoms with Crippen molar-refractivity contribution in [3.63, 3.8) is 0 Å². The highest BCUT2D eigenvalue weighted by molar-refractivity contribution is 5.01. The van der Waals surface area contributed by atoms with Gasteiger partial charge in [-0.25, -0.2) is 0 Å². The Morgan fingerprint density at radius 2 is 1.79 bits per heavy atom. The summed E-state index contributed by atoms with van der Waals surface area (Å²) in [6, 6.07) is 0.293. The standard InChI is InChI=1S/C12H23NO/c1-14-12(8-5-9-12)11(13)10-6-3-2-4-7-10/h10-11H,2-9,13H2,1H3. The van der Waals surface area contributed by atoms with Crippen molar-refractivity contribution < 1.29 is 4.74 Å². The summed E-state index contributed by atoms with van der Waals surface area (Å²) in [5.41, 5.74) is 6.43. The van der Waals surface area contributed by atoms with Gasteiger partial charge >= 0.3 is 0 Å². The second-order valence-corrected chi connectivity index (χ2v) is 5.05. The largest absolute Gasteiger partial charge is 0.377 e. The predicted octanol–water partition coefficient (Wildman–Crippen LogP) is 2.46. The van der Waals surface area contributed by atoms with Crippen molar-refractivity contribution in [3.8, 4) is 0 Å². The molecule has 0 amide bonds. The molecule has 1 atom stereocenters. The second kappa shape index (κ2) is 4.19. The maximum atomic E-state index is 6.37. The van der Waals surface area contributed by atoms with Gasteiger partial charge in [0, 0.05) is 13.2 Å². The molecule has 2 nitrogen and oxygen atoms in total. The van der Waals surface area contributed by atoms with E-state index in [2.05, 4.69) is 0 Å². The molecule has 82 valence electrons. The Kier molecular flexibility index (Phi) is 3.13. The number of methoxy groups -OCH3 is 1. The highest BCUT2D eigenvalue weighted by atomic mass is 16.5. The fourth-order valence-corrected chi connectivity index (χ4v) is 3.12. The molecule has 0 radical (unpaired) electrons. The zero-order valence-corrected chi connectivity index (χ0v) is 9.30. The van der Waals surface area contributed by atoms with Crippen LogP contribution in [0.15, 0.2) is 0 Å². The zero-order chi connectivity index (χ0) is 10.0. The zero-order valence-electron chi connectivity index (χ0n) is 9.30. The van der Waals surface area contributed by atoms with Gasteiger partial charge in [-0.2, -0.15) is 0 Å². The summed E-state index contributed by atoms with van der Waals surface area (Å²) in [6.07, 6.45) is 10.5. The molecule has 2 rings (SSSR count). The lowest BCUT2D eigenvalue weighted by molar-refractivity contribution is -0.105. The van der Waals surface area contributed by atoms with Crippen molar-refractivity contribution in [2.24, 2.45) is 11.7 Å². The molecule has 0 aromatic rings. The lowest BCUT2D eigenvalue weighted by Crippen LogP contribution is -2.57. The molecule has 0 aromatic carbocycles. The van der Waals surface area contributed by atoms with E-state index in [0.717, 1.165) is 5.92 Å². The minimum absolute atomic E-state index is 0.0575. The van der Waals surface area contributed by atoms with E-state index >= 15 is 0 Å². The molecule has 2 N–H and O–H groups in total. The Balaban J connectivity index is 1.94. The smallest absolute Gasteiger partial charge is 0.0831 e. The quantitative estimate of drug-likeness (QED) is 0.754. The van der Waals surface area contributed by atoms with Crippen LogP contribution in [-0.4, -0.2) is 18.8 Å². The lowest BCUT2D eigenvalue weighted by atomic mass is 9.68. The number of hydrogen-bond donors (Lipinski definition) is 1. The van der Waals surface area contributed by atoms with Crippen LogP contribution in [0.5, 0.6) is 0 Å². The van der Waals surface area contributed by atoms with Gasteiger partial charge in [0.25, 0.3) is 0 Å². The fraction of sp³-hybridized carbons (Fsp3) is 1.00. The number of nitrogens with two attached hydrogens (primary N) is 1. The van der Waals surface area contributed by atoms with Gasteiger partial charge in [0.05, 0.1) is 5.60 Å². The van der Waals surface area contributed by atoms with Crippen LogP contribution in [0.2, 0.25) is 0 Å². The van der Waals surface area contributed by atoms with E-state index in [9.17, 15) is 0 Å². The molecule has 2 aliphatic rings. The van der Waals surface area contributed by atoms with Crippen LogP contribution in [-0.2, 0) is 4.74 Å². The van der Waals surface area contributed by atoms with E-state index < -0.39 is 0 Å². The topological polar surface area (TPSA) is 35.2 Å². The highest BCUT2D eigenvalue weighted by Gasteiger charge is 2.45. The van der Waals surface area contributed by atoms with Gasteiger partial charge in [-0.3, -0.25) is 0 Å². The van der Waals surface area contributed by atoms with E-state index in [-0.39, 0.29) is 5.60 Å². The van der Waals surface area contributed by atoms with Crippen molar-refractivity contribution in [2.75, 3.05) is 7.11 Å². The monoisotopic (exact) mass is 197 g/mol. The third-order valence-electron chi connectivity index (χ3n) is 4.37. The Bertz CT molecular complexity index is 177. The number of ether oxygens (including phenoxy) is 1. The first-order valence-electron chi connectivity index (χ1n) is 6.09. The Labute approximate surface area is 87.2 Å². The van der Waals surface area contributed by atoms with Gasteiger partial charge in [-0.15, -0.1) is 0 Å². The average molecular weight is 197 g/mol. The first kappa shape index (κ1) is 10.4. The van der Waals surface area contributed by atoms with Crippen LogP contribution in [0, 0.1) is 5.92 Å². The van der Waals surface area contributed by atoms with Gasteiger partial charge in [0.2, 0.25) is 0 Å². The predicted molar refractivity (Wildman–Crippen MR) is 58.1 cm³/mol. The maximum Gasteiger partial charge on any atom is 0.0831 e. The summed E-state index contributed by atoms with van der Waals surface area (Å²) in [6.45, 7) is 0. The van der Waals surface area contributed by atoms with E-state index in [4.69, 9.17) is 10.5 Å². The molecule has 2 aliphatic carbocycles. The molecule has 0 bridgehead atoms. The molecule has 0 heterocycles. The van der Waals surface area contributed by atoms with Gasteiger partial charge < -0.3 is 10.5 Å². The molecule has 0 aromatic heterocycles. The molecule has 2 fully saturated rings. The first-order chi connectivity index (χ1) is 6.78. The van der Waals surface area contributed by atoms with Crippen LogP contribution in [0.1, 0.15) is 51.4 Å². The fourth-order valence-electron chi connectivity index (χ4n) is 3.12. The third-order valence-corrected chi connectivity index (χ3v) is 4.37. The van der Waals surface area contributed by atoms with E-state index in [1.807, 2.05) is 7.11 Å². The Morgan fingerprint density at radius 1 is 1.14 bits per heavy atom. The van der Waals surface area contributed by atoms with Crippen LogP contribution < -0.4 is 5.73 Å². The molecular weight excluding hydrogens is 174 g/mol. The number of rotatable bonds is 3. The average Bonchev–Trinajstić information content (AvgIpc) is 2.18. The highest BCUT2D eigenvalue weighted by Crippen LogP contribution is 2.42. The van der Waals surface area contributed by atoms with Crippen LogP contribution in [0.4, 0.5) is 0 Å². The van der Waals surface area contributed by atoms with Crippen molar-refractivity contribution in [1.82, 2.24) is 0 Å². The normalized spacial score (nSPS) is 29.6. The van der Waals surface area contributed by atoms with Gasteiger partial charge in [-0.05, 0) is 38.0 Å². The summed E-state index contributed by atoms with van der Waals surface area (Å²) in [5.74, 6) is 0.726. The van der Waals surface area contributed by atoms with Crippen molar-refractivity contribution >= 4 is 0 Å². The van der Waals surface area contributed by atoms with Crippen LogP contribution >= 0.6 is 0 Å². The molecule has 14 heavy (non-hydrogen) atoms. The molecule has 0 aliphatic heterocycles. The van der Waals surface area contributed by atoms with Crippen molar-refractivity contribution in [1.29, 1.82) is 0 Å². The minimum Gasteiger partial charge on any atom is -0.377 e. The number of hydrogen-bond acceptors (Lipinski definition) is 2. The molecule has 0 saturated heterocycles. The summed E-state index contributed by atoms with van der Waals surface area (Å²) >= 11 is 0. The molecule has 0 spiro atoms. The Morgan fingerprint density at radius 3 is 2.21 bits per heavy atom. The van der Waals surface area contributed by atoms with E-state index in [0.29, 0.717) is 6.04 Å². The Hall–Kier alpha value is -0.0800. The molecular formula is C12H23NO. The lowest BCUT2D eigenvalue weighted by Gasteiger charge is -2.48. The van der Waals surface area contributed by atoms with Crippen LogP contribution in [0.3, 0.4) is 0 Å². The maximum absolute atomic E-state index is 6.37.